The van der Waals surface area contributed by atoms with Crippen LogP contribution in [0.3, 0.4) is 0 Å². The molecule has 1 aromatic carbocycles. The fourth-order valence-electron chi connectivity index (χ4n) is 4.20. The molecule has 1 atom stereocenters. The van der Waals surface area contributed by atoms with Crippen molar-refractivity contribution in [2.24, 2.45) is 11.2 Å². The second-order valence-corrected chi connectivity index (χ2v) is 8.52. The summed E-state index contributed by atoms with van der Waals surface area (Å²) >= 11 is 0. The number of hydrazine groups is 1. The van der Waals surface area contributed by atoms with Gasteiger partial charge >= 0.3 is 0 Å². The SMILES string of the molecule is C1=CC(CCCN2CCCC2)C=C2OCCOC2=C1.CNN(CCc1ccc(OC)cc1)N=O.O. The molecule has 0 bridgehead atoms. The summed E-state index contributed by atoms with van der Waals surface area (Å²) < 4.78 is 16.3. The average Bonchev–Trinajstić information content (AvgIpc) is 3.31. The van der Waals surface area contributed by atoms with Gasteiger partial charge in [-0.2, -0.15) is 5.12 Å². The van der Waals surface area contributed by atoms with Gasteiger partial charge in [-0.3, -0.25) is 0 Å². The summed E-state index contributed by atoms with van der Waals surface area (Å²) in [4.78, 5) is 12.8. The zero-order valence-corrected chi connectivity index (χ0v) is 20.9. The Balaban J connectivity index is 0.000000247. The highest BCUT2D eigenvalue weighted by molar-refractivity contribution is 5.30. The summed E-state index contributed by atoms with van der Waals surface area (Å²) in [5.74, 6) is 3.14. The van der Waals surface area contributed by atoms with Gasteiger partial charge in [0.2, 0.25) is 0 Å². The van der Waals surface area contributed by atoms with E-state index in [1.807, 2.05) is 30.3 Å². The van der Waals surface area contributed by atoms with Gasteiger partial charge in [-0.25, -0.2) is 5.43 Å². The molecule has 0 radical (unpaired) electrons. The average molecular weight is 489 g/mol. The van der Waals surface area contributed by atoms with Crippen LogP contribution in [0.5, 0.6) is 5.75 Å². The van der Waals surface area contributed by atoms with Crippen molar-refractivity contribution in [3.63, 3.8) is 0 Å². The maximum absolute atomic E-state index is 10.3. The lowest BCUT2D eigenvalue weighted by atomic mass is 10.0. The number of benzene rings is 1. The van der Waals surface area contributed by atoms with Crippen molar-refractivity contribution in [1.29, 1.82) is 0 Å². The number of nitroso groups, excluding NO2 is 1. The second kappa shape index (κ2) is 15.9. The van der Waals surface area contributed by atoms with Gasteiger partial charge in [-0.1, -0.05) is 24.3 Å². The minimum atomic E-state index is 0. The van der Waals surface area contributed by atoms with Crippen molar-refractivity contribution < 1.29 is 19.7 Å². The summed E-state index contributed by atoms with van der Waals surface area (Å²) in [5, 5.41) is 4.06. The van der Waals surface area contributed by atoms with Crippen molar-refractivity contribution in [3.8, 4) is 5.75 Å². The molecule has 9 nitrogen and oxygen atoms in total. The van der Waals surface area contributed by atoms with Gasteiger partial charge in [0.1, 0.15) is 19.0 Å². The molecule has 2 saturated heterocycles. The normalized spacial score (nSPS) is 18.7. The molecule has 2 fully saturated rings. The molecule has 3 aliphatic rings. The number of fused-ring (bicyclic) bond motifs is 1. The van der Waals surface area contributed by atoms with Crippen molar-refractivity contribution in [3.05, 3.63) is 70.6 Å². The number of nitrogens with zero attached hydrogens (tertiary/aromatic N) is 3. The van der Waals surface area contributed by atoms with Gasteiger partial charge in [0, 0.05) is 7.05 Å². The van der Waals surface area contributed by atoms with Gasteiger partial charge < -0.3 is 24.6 Å². The van der Waals surface area contributed by atoms with E-state index in [1.54, 1.807) is 14.2 Å². The van der Waals surface area contributed by atoms with Gasteiger partial charge in [0.15, 0.2) is 11.5 Å². The fraction of sp³-hybridized carbons (Fsp3) is 0.538. The molecule has 2 aliphatic heterocycles. The van der Waals surface area contributed by atoms with E-state index in [4.69, 9.17) is 14.2 Å². The zero-order chi connectivity index (χ0) is 24.0. The van der Waals surface area contributed by atoms with Crippen LogP contribution < -0.4 is 10.2 Å². The van der Waals surface area contributed by atoms with Crippen LogP contribution in [0, 0.1) is 10.8 Å². The summed E-state index contributed by atoms with van der Waals surface area (Å²) in [7, 11) is 3.30. The summed E-state index contributed by atoms with van der Waals surface area (Å²) in [6.45, 7) is 5.71. The largest absolute Gasteiger partial charge is 0.497 e. The quantitative estimate of drug-likeness (QED) is 0.397. The van der Waals surface area contributed by atoms with Crippen LogP contribution >= 0.6 is 0 Å². The molecule has 194 valence electrons. The van der Waals surface area contributed by atoms with Gasteiger partial charge in [-0.15, -0.1) is 4.91 Å². The third kappa shape index (κ3) is 9.71. The molecule has 9 heteroatoms. The number of rotatable bonds is 10. The zero-order valence-electron chi connectivity index (χ0n) is 20.9. The van der Waals surface area contributed by atoms with E-state index in [9.17, 15) is 4.91 Å². The number of methoxy groups -OCH3 is 1. The molecular formula is C26H40N4O5. The van der Waals surface area contributed by atoms with E-state index in [0.29, 0.717) is 25.7 Å². The van der Waals surface area contributed by atoms with Gasteiger partial charge in [-0.05, 0) is 87.5 Å². The highest BCUT2D eigenvalue weighted by Crippen LogP contribution is 2.25. The van der Waals surface area contributed by atoms with Crippen molar-refractivity contribution in [2.45, 2.75) is 32.1 Å². The van der Waals surface area contributed by atoms with E-state index in [2.05, 4.69) is 33.8 Å². The summed E-state index contributed by atoms with van der Waals surface area (Å²) in [6.07, 6.45) is 14.6. The summed E-state index contributed by atoms with van der Waals surface area (Å²) in [6, 6.07) is 7.73. The Hall–Kier alpha value is -2.88. The molecule has 1 unspecified atom stereocenters. The Morgan fingerprint density at radius 2 is 1.86 bits per heavy atom. The van der Waals surface area contributed by atoms with Crippen LogP contribution in [-0.4, -0.2) is 69.0 Å². The smallest absolute Gasteiger partial charge is 0.161 e. The highest BCUT2D eigenvalue weighted by atomic mass is 16.6. The first-order chi connectivity index (χ1) is 16.7. The van der Waals surface area contributed by atoms with Crippen LogP contribution in [-0.2, 0) is 15.9 Å². The van der Waals surface area contributed by atoms with E-state index in [-0.39, 0.29) is 5.48 Å². The molecule has 0 saturated carbocycles. The van der Waals surface area contributed by atoms with E-state index >= 15 is 0 Å². The maximum atomic E-state index is 10.3. The first kappa shape index (κ1) is 28.4. The fourth-order valence-corrected chi connectivity index (χ4v) is 4.20. The molecule has 0 spiro atoms. The molecule has 1 aliphatic carbocycles. The Bertz CT molecular complexity index is 835. The Labute approximate surface area is 208 Å². The van der Waals surface area contributed by atoms with Crippen molar-refractivity contribution in [1.82, 2.24) is 15.4 Å². The van der Waals surface area contributed by atoms with Crippen LogP contribution in [0.2, 0.25) is 0 Å². The number of hydrogen-bond donors (Lipinski definition) is 1. The molecule has 0 aromatic heterocycles. The van der Waals surface area contributed by atoms with Crippen LogP contribution in [0.4, 0.5) is 0 Å². The lowest BCUT2D eigenvalue weighted by molar-refractivity contribution is 0.0588. The predicted octanol–water partition coefficient (Wildman–Crippen LogP) is 3.39. The molecule has 4 rings (SSSR count). The maximum Gasteiger partial charge on any atom is 0.161 e. The molecule has 0 amide bonds. The van der Waals surface area contributed by atoms with Gasteiger partial charge in [0.25, 0.3) is 0 Å². The van der Waals surface area contributed by atoms with E-state index in [0.717, 1.165) is 29.3 Å². The number of ether oxygens (including phenoxy) is 3. The first-order valence-electron chi connectivity index (χ1n) is 12.2. The van der Waals surface area contributed by atoms with Crippen molar-refractivity contribution >= 4 is 0 Å². The van der Waals surface area contributed by atoms with Crippen molar-refractivity contribution in [2.75, 3.05) is 53.6 Å². The summed E-state index contributed by atoms with van der Waals surface area (Å²) in [5.41, 5.74) is 3.81. The van der Waals surface area contributed by atoms with E-state index in [1.165, 1.54) is 50.4 Å². The van der Waals surface area contributed by atoms with Crippen LogP contribution in [0.15, 0.2) is 65.4 Å². The van der Waals surface area contributed by atoms with Crippen LogP contribution in [0.1, 0.15) is 31.2 Å². The lowest BCUT2D eigenvalue weighted by Gasteiger charge is -2.21. The topological polar surface area (TPSA) is 107 Å². The number of nitrogens with one attached hydrogen (secondary N) is 1. The highest BCUT2D eigenvalue weighted by Gasteiger charge is 2.18. The Kier molecular flexibility index (Phi) is 12.9. The minimum absolute atomic E-state index is 0. The lowest BCUT2D eigenvalue weighted by Crippen LogP contribution is -2.31. The molecule has 2 heterocycles. The third-order valence-corrected chi connectivity index (χ3v) is 6.15. The number of likely N-dealkylation sites (tertiary alicyclic amines) is 1. The Morgan fingerprint density at radius 3 is 2.51 bits per heavy atom. The predicted molar refractivity (Wildman–Crippen MR) is 137 cm³/mol. The molecule has 3 N–H and O–H groups in total. The molecule has 35 heavy (non-hydrogen) atoms. The van der Waals surface area contributed by atoms with Crippen LogP contribution in [0.25, 0.3) is 0 Å². The Morgan fingerprint density at radius 1 is 1.14 bits per heavy atom. The standard InChI is InChI=1S/C16H23NO2.C10H15N3O2.H2O/c1-2-9-17(8-1)10-4-6-14-5-3-7-15-16(13-14)19-12-11-18-15;1-11-13(12-14)8-7-9-3-5-10(15-2)6-4-9;/h3,5,7,13-14H,1-2,4,6,8-12H2;3-6,11H,7-8H2,1-2H3;1H2. The third-order valence-electron chi connectivity index (χ3n) is 6.15. The van der Waals surface area contributed by atoms with Gasteiger partial charge in [0.05, 0.1) is 18.9 Å². The minimum Gasteiger partial charge on any atom is -0.497 e. The molecule has 1 aromatic rings. The number of allylic oxidation sites excluding steroid dienone is 4. The monoisotopic (exact) mass is 488 g/mol. The first-order valence-corrected chi connectivity index (χ1v) is 12.2. The molecular weight excluding hydrogens is 448 g/mol. The second-order valence-electron chi connectivity index (χ2n) is 8.52. The number of hydrogen-bond acceptors (Lipinski definition) is 7. The van der Waals surface area contributed by atoms with E-state index < -0.39 is 0 Å².